The number of aryl methyl sites for hydroxylation is 3. The van der Waals surface area contributed by atoms with Gasteiger partial charge >= 0.3 is 6.09 Å². The summed E-state index contributed by atoms with van der Waals surface area (Å²) >= 11 is 0. The van der Waals surface area contributed by atoms with Crippen LogP contribution in [0.5, 0.6) is 0 Å². The predicted octanol–water partition coefficient (Wildman–Crippen LogP) is 4.08. The zero-order valence-electron chi connectivity index (χ0n) is 26.7. The minimum atomic E-state index is -0.638. The van der Waals surface area contributed by atoms with Crippen molar-refractivity contribution in [2.24, 2.45) is 7.05 Å². The first kappa shape index (κ1) is 31.8. The van der Waals surface area contributed by atoms with Crippen molar-refractivity contribution in [2.75, 3.05) is 45.1 Å². The molecule has 0 saturated carbocycles. The number of hydrazine groups is 1. The van der Waals surface area contributed by atoms with Gasteiger partial charge in [-0.05, 0) is 70.4 Å². The summed E-state index contributed by atoms with van der Waals surface area (Å²) in [5.41, 5.74) is 5.47. The van der Waals surface area contributed by atoms with Crippen LogP contribution in [0.4, 0.5) is 10.5 Å². The Kier molecular flexibility index (Phi) is 9.64. The molecule has 232 valence electrons. The number of nitrogens with one attached hydrogen (secondary N) is 1. The van der Waals surface area contributed by atoms with Gasteiger partial charge in [-0.2, -0.15) is 5.10 Å². The minimum absolute atomic E-state index is 0.00606. The number of hydrogen-bond acceptors (Lipinski definition) is 7. The first-order valence-corrected chi connectivity index (χ1v) is 14.8. The van der Waals surface area contributed by atoms with E-state index in [1.807, 2.05) is 76.5 Å². The molecule has 0 aliphatic carbocycles. The van der Waals surface area contributed by atoms with Crippen LogP contribution >= 0.6 is 0 Å². The number of likely N-dealkylation sites (N-methyl/N-ethyl adjacent to an activating group) is 2. The molecule has 3 aromatic rings. The van der Waals surface area contributed by atoms with E-state index in [-0.39, 0.29) is 38.0 Å². The Hall–Kier alpha value is -4.12. The van der Waals surface area contributed by atoms with Crippen LogP contribution < -0.4 is 5.32 Å². The van der Waals surface area contributed by atoms with Crippen molar-refractivity contribution in [2.45, 2.75) is 60.2 Å². The smallest absolute Gasteiger partial charge is 0.410 e. The van der Waals surface area contributed by atoms with Crippen molar-refractivity contribution in [3.05, 3.63) is 58.8 Å². The normalized spacial score (nSPS) is 13.1. The lowest BCUT2D eigenvalue weighted by atomic mass is 10.1. The largest absolute Gasteiger partial charge is 0.444 e. The van der Waals surface area contributed by atoms with Gasteiger partial charge in [-0.1, -0.05) is 24.3 Å². The van der Waals surface area contributed by atoms with E-state index in [2.05, 4.69) is 28.6 Å². The molecule has 0 fully saturated rings. The molecule has 0 saturated heterocycles. The third kappa shape index (κ3) is 7.64. The summed E-state index contributed by atoms with van der Waals surface area (Å²) in [6, 6.07) is 12.2. The summed E-state index contributed by atoms with van der Waals surface area (Å²) in [5, 5.41) is 12.4. The molecule has 0 unspecified atom stereocenters. The highest BCUT2D eigenvalue weighted by Gasteiger charge is 2.28. The van der Waals surface area contributed by atoms with Gasteiger partial charge in [0.05, 0.1) is 17.8 Å². The maximum Gasteiger partial charge on any atom is 0.410 e. The molecule has 1 aliphatic heterocycles. The van der Waals surface area contributed by atoms with Crippen molar-refractivity contribution in [3.8, 4) is 0 Å². The number of rotatable bonds is 10. The van der Waals surface area contributed by atoms with Gasteiger partial charge in [0.15, 0.2) is 0 Å². The summed E-state index contributed by atoms with van der Waals surface area (Å²) in [7, 11) is 3.63. The molecule has 1 aromatic heterocycles. The number of hydrogen-bond donors (Lipinski definition) is 1. The van der Waals surface area contributed by atoms with Crippen LogP contribution in [0, 0.1) is 13.8 Å². The zero-order valence-corrected chi connectivity index (χ0v) is 26.7. The van der Waals surface area contributed by atoms with Crippen LogP contribution in [0.1, 0.15) is 50.1 Å². The summed E-state index contributed by atoms with van der Waals surface area (Å²) in [6.45, 7) is 13.3. The quantitative estimate of drug-likeness (QED) is 0.379. The van der Waals surface area contributed by atoms with E-state index >= 15 is 0 Å². The van der Waals surface area contributed by atoms with Crippen LogP contribution in [0.3, 0.4) is 0 Å². The van der Waals surface area contributed by atoms with E-state index in [0.717, 1.165) is 27.8 Å². The van der Waals surface area contributed by atoms with Gasteiger partial charge in [0.2, 0.25) is 5.91 Å². The zero-order chi connectivity index (χ0) is 31.5. The van der Waals surface area contributed by atoms with Gasteiger partial charge in [-0.25, -0.2) is 9.80 Å². The molecular weight excluding hydrogens is 546 g/mol. The van der Waals surface area contributed by atoms with Crippen LogP contribution in [0.15, 0.2) is 36.4 Å². The van der Waals surface area contributed by atoms with Crippen LogP contribution in [0.25, 0.3) is 10.9 Å². The molecule has 43 heavy (non-hydrogen) atoms. The summed E-state index contributed by atoms with van der Waals surface area (Å²) < 4.78 is 7.37. The van der Waals surface area contributed by atoms with E-state index in [4.69, 9.17) is 4.74 Å². The van der Waals surface area contributed by atoms with E-state index in [1.54, 1.807) is 17.0 Å². The molecule has 0 spiro atoms. The molecule has 1 aliphatic rings. The lowest BCUT2D eigenvalue weighted by molar-refractivity contribution is -0.151. The molecular formula is C32H45N7O4. The molecule has 4 rings (SSSR count). The molecule has 2 heterocycles. The summed E-state index contributed by atoms with van der Waals surface area (Å²) in [5.74, 6) is -0.447. The van der Waals surface area contributed by atoms with Gasteiger partial charge in [0, 0.05) is 57.9 Å². The fraction of sp³-hybridized carbons (Fsp3) is 0.500. The third-order valence-corrected chi connectivity index (χ3v) is 7.77. The first-order valence-electron chi connectivity index (χ1n) is 14.8. The third-order valence-electron chi connectivity index (χ3n) is 7.77. The molecule has 3 amide bonds. The molecule has 0 radical (unpaired) electrons. The average molecular weight is 592 g/mol. The Morgan fingerprint density at radius 3 is 2.23 bits per heavy atom. The standard InChI is InChI=1S/C32H45N7O4/c1-9-37(31(42)43-32(4,5)6)14-15-38(21-30(41)36(8)39-19-24-12-10-11-13-25(24)20-39)29(40)18-33-27-17-28-26(16-22(27)2)23(3)34-35(28)7/h10-13,16-17,33H,9,14-15,18-21H2,1-8H3. The van der Waals surface area contributed by atoms with Gasteiger partial charge in [-0.3, -0.25) is 19.3 Å². The molecule has 11 heteroatoms. The fourth-order valence-corrected chi connectivity index (χ4v) is 5.25. The summed E-state index contributed by atoms with van der Waals surface area (Å²) in [6.07, 6.45) is -0.450. The maximum absolute atomic E-state index is 13.6. The Labute approximate surface area is 254 Å². The maximum atomic E-state index is 13.6. The van der Waals surface area contributed by atoms with Gasteiger partial charge in [0.1, 0.15) is 12.1 Å². The van der Waals surface area contributed by atoms with E-state index in [0.29, 0.717) is 19.6 Å². The summed E-state index contributed by atoms with van der Waals surface area (Å²) in [4.78, 5) is 43.0. The van der Waals surface area contributed by atoms with Crippen molar-refractivity contribution in [1.29, 1.82) is 0 Å². The van der Waals surface area contributed by atoms with E-state index in [1.165, 1.54) is 16.0 Å². The second-order valence-corrected chi connectivity index (χ2v) is 12.1. The number of anilines is 1. The molecule has 2 aromatic carbocycles. The Morgan fingerprint density at radius 1 is 1.00 bits per heavy atom. The van der Waals surface area contributed by atoms with E-state index in [9.17, 15) is 14.4 Å². The molecule has 1 N–H and O–H groups in total. The molecule has 0 bridgehead atoms. The van der Waals surface area contributed by atoms with Gasteiger partial charge in [-0.15, -0.1) is 0 Å². The molecule has 0 atom stereocenters. The number of benzene rings is 2. The monoisotopic (exact) mass is 591 g/mol. The van der Waals surface area contributed by atoms with Crippen LogP contribution in [-0.2, 0) is 34.5 Å². The van der Waals surface area contributed by atoms with Gasteiger partial charge in [0.25, 0.3) is 5.91 Å². The number of carbonyl (C=O) groups excluding carboxylic acids is 3. The lowest BCUT2D eigenvalue weighted by Gasteiger charge is -2.32. The minimum Gasteiger partial charge on any atom is -0.444 e. The number of amides is 3. The highest BCUT2D eigenvalue weighted by molar-refractivity contribution is 5.89. The number of ether oxygens (including phenoxy) is 1. The Balaban J connectivity index is 1.47. The number of fused-ring (bicyclic) bond motifs is 2. The predicted molar refractivity (Wildman–Crippen MR) is 167 cm³/mol. The van der Waals surface area contributed by atoms with Gasteiger partial charge < -0.3 is 19.9 Å². The fourth-order valence-electron chi connectivity index (χ4n) is 5.25. The first-order chi connectivity index (χ1) is 20.3. The lowest BCUT2D eigenvalue weighted by Crippen LogP contribution is -2.50. The average Bonchev–Trinajstić information content (AvgIpc) is 3.49. The Bertz CT molecular complexity index is 1470. The second-order valence-electron chi connectivity index (χ2n) is 12.1. The Morgan fingerprint density at radius 2 is 1.63 bits per heavy atom. The second kappa shape index (κ2) is 13.0. The SMILES string of the molecule is CCN(CCN(CC(=O)N(C)N1Cc2ccccc2C1)C(=O)CNc1cc2c(cc1C)c(C)nn2C)C(=O)OC(C)(C)C. The number of carbonyl (C=O) groups is 3. The highest BCUT2D eigenvalue weighted by Crippen LogP contribution is 2.26. The van der Waals surface area contributed by atoms with Crippen LogP contribution in [-0.4, -0.2) is 92.9 Å². The van der Waals surface area contributed by atoms with Crippen LogP contribution in [0.2, 0.25) is 0 Å². The van der Waals surface area contributed by atoms with Crippen molar-refractivity contribution in [3.63, 3.8) is 0 Å². The topological polar surface area (TPSA) is 103 Å². The molecule has 11 nitrogen and oxygen atoms in total. The van der Waals surface area contributed by atoms with Crippen molar-refractivity contribution < 1.29 is 19.1 Å². The van der Waals surface area contributed by atoms with Crippen molar-refractivity contribution >= 4 is 34.5 Å². The number of aromatic nitrogens is 2. The van der Waals surface area contributed by atoms with E-state index < -0.39 is 11.7 Å². The van der Waals surface area contributed by atoms with Crippen molar-refractivity contribution in [1.82, 2.24) is 29.6 Å². The highest BCUT2D eigenvalue weighted by atomic mass is 16.6. The number of nitrogens with zero attached hydrogens (tertiary/aromatic N) is 6.